The molecule has 1 aliphatic rings. The van der Waals surface area contributed by atoms with Crippen molar-refractivity contribution >= 4 is 22.7 Å². The number of piperidine rings is 1. The molecule has 4 aromatic rings. The first-order chi connectivity index (χ1) is 18.0. The Morgan fingerprint density at radius 2 is 1.89 bits per heavy atom. The molecule has 9 heteroatoms. The number of aromatic nitrogens is 3. The molecule has 0 saturated carbocycles. The van der Waals surface area contributed by atoms with Crippen LogP contribution < -0.4 is 5.32 Å². The molecule has 2 amide bonds. The van der Waals surface area contributed by atoms with Gasteiger partial charge >= 0.3 is 0 Å². The van der Waals surface area contributed by atoms with Crippen molar-refractivity contribution in [2.75, 3.05) is 33.4 Å². The van der Waals surface area contributed by atoms with Crippen molar-refractivity contribution in [3.63, 3.8) is 0 Å². The van der Waals surface area contributed by atoms with Crippen LogP contribution in [-0.2, 0) is 11.3 Å². The molecular formula is C28H31N5O4. The van der Waals surface area contributed by atoms with Gasteiger partial charge in [0.05, 0.1) is 18.3 Å². The first kappa shape index (κ1) is 24.7. The van der Waals surface area contributed by atoms with Crippen molar-refractivity contribution in [2.24, 2.45) is 5.92 Å². The zero-order valence-corrected chi connectivity index (χ0v) is 21.1. The molecule has 1 saturated heterocycles. The van der Waals surface area contributed by atoms with Crippen LogP contribution in [0.3, 0.4) is 0 Å². The van der Waals surface area contributed by atoms with Gasteiger partial charge in [0, 0.05) is 67.6 Å². The summed E-state index contributed by atoms with van der Waals surface area (Å²) in [4.78, 5) is 27.5. The summed E-state index contributed by atoms with van der Waals surface area (Å²) in [6, 6.07) is 13.0. The summed E-state index contributed by atoms with van der Waals surface area (Å²) in [6.45, 7) is 5.14. The van der Waals surface area contributed by atoms with Gasteiger partial charge in [0.1, 0.15) is 0 Å². The second kappa shape index (κ2) is 11.0. The van der Waals surface area contributed by atoms with Crippen LogP contribution in [0.25, 0.3) is 22.2 Å². The van der Waals surface area contributed by atoms with Crippen molar-refractivity contribution in [1.82, 2.24) is 25.2 Å². The Labute approximate surface area is 215 Å². The average molecular weight is 502 g/mol. The van der Waals surface area contributed by atoms with Crippen LogP contribution in [0.4, 0.5) is 0 Å². The fourth-order valence-electron chi connectivity index (χ4n) is 4.89. The summed E-state index contributed by atoms with van der Waals surface area (Å²) in [6.07, 6.45) is 5.48. The highest BCUT2D eigenvalue weighted by atomic mass is 16.5. The largest absolute Gasteiger partial charge is 0.383 e. The van der Waals surface area contributed by atoms with Crippen molar-refractivity contribution in [3.05, 3.63) is 71.5 Å². The van der Waals surface area contributed by atoms with Crippen molar-refractivity contribution in [2.45, 2.75) is 26.3 Å². The Bertz CT molecular complexity index is 1370. The predicted octanol–water partition coefficient (Wildman–Crippen LogP) is 3.93. The van der Waals surface area contributed by atoms with Gasteiger partial charge in [-0.2, -0.15) is 5.10 Å². The van der Waals surface area contributed by atoms with Gasteiger partial charge in [-0.25, -0.2) is 0 Å². The zero-order valence-electron chi connectivity index (χ0n) is 21.1. The molecule has 1 aliphatic heterocycles. The topological polar surface area (TPSA) is 102 Å². The molecule has 1 N–H and O–H groups in total. The standard InChI is InChI=1S/C28H31N5O4/c1-19-23(27(34)29-13-16-36-2)7-8-25-24(19)18-33(31-25)17-20-10-14-32(15-11-20)28(35)22-5-3-21(4-6-22)26-9-12-30-37-26/h3-9,12,18,20H,10-11,13-17H2,1-2H3,(H,29,34). The number of likely N-dealkylation sites (tertiary alicyclic amines) is 1. The lowest BCUT2D eigenvalue weighted by Crippen LogP contribution is -2.39. The number of hydrogen-bond donors (Lipinski definition) is 1. The van der Waals surface area contributed by atoms with Gasteiger partial charge in [0.25, 0.3) is 11.8 Å². The number of fused-ring (bicyclic) bond motifs is 1. The Morgan fingerprint density at radius 1 is 1.11 bits per heavy atom. The van der Waals surface area contributed by atoms with Crippen LogP contribution in [0, 0.1) is 12.8 Å². The molecule has 5 rings (SSSR count). The van der Waals surface area contributed by atoms with E-state index in [1.165, 1.54) is 0 Å². The third kappa shape index (κ3) is 5.41. The maximum absolute atomic E-state index is 13.0. The third-order valence-corrected chi connectivity index (χ3v) is 7.04. The first-order valence-electron chi connectivity index (χ1n) is 12.6. The van der Waals surface area contributed by atoms with Gasteiger partial charge in [-0.3, -0.25) is 14.3 Å². The van der Waals surface area contributed by atoms with Crippen LogP contribution in [0.5, 0.6) is 0 Å². The SMILES string of the molecule is COCCNC(=O)c1ccc2nn(CC3CCN(C(=O)c4ccc(-c5ccno5)cc4)CC3)cc2c1C. The lowest BCUT2D eigenvalue weighted by molar-refractivity contribution is 0.0681. The number of carbonyl (C=O) groups is 2. The van der Waals surface area contributed by atoms with Gasteiger partial charge in [0.15, 0.2) is 5.76 Å². The fraction of sp³-hybridized carbons (Fsp3) is 0.357. The van der Waals surface area contributed by atoms with Crippen LogP contribution >= 0.6 is 0 Å². The van der Waals surface area contributed by atoms with Crippen LogP contribution in [0.15, 0.2) is 59.4 Å². The maximum atomic E-state index is 13.0. The Kier molecular flexibility index (Phi) is 7.32. The Balaban J connectivity index is 1.18. The quantitative estimate of drug-likeness (QED) is 0.367. The molecule has 37 heavy (non-hydrogen) atoms. The summed E-state index contributed by atoms with van der Waals surface area (Å²) >= 11 is 0. The molecule has 192 valence electrons. The molecule has 2 aromatic heterocycles. The zero-order chi connectivity index (χ0) is 25.8. The summed E-state index contributed by atoms with van der Waals surface area (Å²) < 4.78 is 12.2. The molecule has 1 fully saturated rings. The van der Waals surface area contributed by atoms with Crippen molar-refractivity contribution in [3.8, 4) is 11.3 Å². The third-order valence-electron chi connectivity index (χ3n) is 7.04. The summed E-state index contributed by atoms with van der Waals surface area (Å²) in [7, 11) is 1.61. The predicted molar refractivity (Wildman–Crippen MR) is 139 cm³/mol. The van der Waals surface area contributed by atoms with E-state index in [9.17, 15) is 9.59 Å². The number of hydrogen-bond acceptors (Lipinski definition) is 6. The lowest BCUT2D eigenvalue weighted by Gasteiger charge is -2.32. The number of rotatable bonds is 8. The van der Waals surface area contributed by atoms with E-state index < -0.39 is 0 Å². The van der Waals surface area contributed by atoms with E-state index in [0.29, 0.717) is 36.0 Å². The molecule has 0 radical (unpaired) electrons. The molecule has 2 aromatic carbocycles. The lowest BCUT2D eigenvalue weighted by atomic mass is 9.96. The molecule has 9 nitrogen and oxygen atoms in total. The highest BCUT2D eigenvalue weighted by molar-refractivity contribution is 6.00. The fourth-order valence-corrected chi connectivity index (χ4v) is 4.89. The van der Waals surface area contributed by atoms with Crippen LogP contribution in [0.1, 0.15) is 39.1 Å². The average Bonchev–Trinajstić information content (AvgIpc) is 3.60. The van der Waals surface area contributed by atoms with Gasteiger partial charge in [-0.05, 0) is 55.5 Å². The number of ether oxygens (including phenoxy) is 1. The highest BCUT2D eigenvalue weighted by Crippen LogP contribution is 2.25. The highest BCUT2D eigenvalue weighted by Gasteiger charge is 2.24. The van der Waals surface area contributed by atoms with Crippen LogP contribution in [0.2, 0.25) is 0 Å². The number of carbonyl (C=O) groups excluding carboxylic acids is 2. The first-order valence-corrected chi connectivity index (χ1v) is 12.6. The number of nitrogens with one attached hydrogen (secondary N) is 1. The maximum Gasteiger partial charge on any atom is 0.253 e. The molecule has 0 aliphatic carbocycles. The molecule has 0 atom stereocenters. The summed E-state index contributed by atoms with van der Waals surface area (Å²) in [5, 5.41) is 12.3. The van der Waals surface area contributed by atoms with Crippen molar-refractivity contribution < 1.29 is 18.8 Å². The van der Waals surface area contributed by atoms with Gasteiger partial charge in [0.2, 0.25) is 0 Å². The summed E-state index contributed by atoms with van der Waals surface area (Å²) in [5.41, 5.74) is 4.04. The monoisotopic (exact) mass is 501 g/mol. The van der Waals surface area contributed by atoms with Crippen molar-refractivity contribution in [1.29, 1.82) is 0 Å². The smallest absolute Gasteiger partial charge is 0.253 e. The Morgan fingerprint density at radius 3 is 2.59 bits per heavy atom. The molecule has 0 unspecified atom stereocenters. The molecule has 0 bridgehead atoms. The van der Waals surface area contributed by atoms with E-state index in [-0.39, 0.29) is 11.8 Å². The molecule has 0 spiro atoms. The second-order valence-electron chi connectivity index (χ2n) is 9.46. The number of amides is 2. The van der Waals surface area contributed by atoms with E-state index in [0.717, 1.165) is 54.5 Å². The normalized spacial score (nSPS) is 14.3. The minimum atomic E-state index is -0.103. The molecular weight excluding hydrogens is 470 g/mol. The van der Waals surface area contributed by atoms with E-state index in [2.05, 4.69) is 10.5 Å². The van der Waals surface area contributed by atoms with E-state index in [1.807, 2.05) is 59.1 Å². The van der Waals surface area contributed by atoms with Crippen LogP contribution in [-0.4, -0.2) is 65.0 Å². The van der Waals surface area contributed by atoms with Gasteiger partial charge in [-0.1, -0.05) is 17.3 Å². The number of benzene rings is 2. The molecule has 3 heterocycles. The van der Waals surface area contributed by atoms with Gasteiger partial charge in [-0.15, -0.1) is 0 Å². The minimum Gasteiger partial charge on any atom is -0.383 e. The van der Waals surface area contributed by atoms with Gasteiger partial charge < -0.3 is 19.5 Å². The Hall–Kier alpha value is -3.98. The van der Waals surface area contributed by atoms with E-state index in [4.69, 9.17) is 14.4 Å². The number of methoxy groups -OCH3 is 1. The van der Waals surface area contributed by atoms with E-state index in [1.54, 1.807) is 19.4 Å². The number of aryl methyl sites for hydroxylation is 1. The number of nitrogens with zero attached hydrogens (tertiary/aromatic N) is 4. The summed E-state index contributed by atoms with van der Waals surface area (Å²) in [5.74, 6) is 1.07. The van der Waals surface area contributed by atoms with E-state index >= 15 is 0 Å². The second-order valence-corrected chi connectivity index (χ2v) is 9.46. The minimum absolute atomic E-state index is 0.0549.